The van der Waals surface area contributed by atoms with Crippen molar-refractivity contribution in [2.24, 2.45) is 0 Å². The van der Waals surface area contributed by atoms with Crippen LogP contribution in [-0.4, -0.2) is 65.6 Å². The second kappa shape index (κ2) is 14.5. The fraction of sp³-hybridized carbons (Fsp3) is 0.310. The average molecular weight is 639 g/mol. The number of anilines is 1. The number of carbonyl (C=O) groups excluding carboxylic acids is 2. The second-order valence-corrected chi connectivity index (χ2v) is 11.6. The van der Waals surface area contributed by atoms with E-state index in [1.165, 1.54) is 63.4 Å². The molecule has 0 heterocycles. The van der Waals surface area contributed by atoms with Crippen LogP contribution in [0.5, 0.6) is 17.2 Å². The number of sulfonamides is 1. The molecule has 0 spiro atoms. The Morgan fingerprint density at radius 2 is 1.57 bits per heavy atom. The number of amides is 2. The van der Waals surface area contributed by atoms with Gasteiger partial charge in [-0.05, 0) is 62.4 Å². The number of halogens is 2. The lowest BCUT2D eigenvalue weighted by molar-refractivity contribution is -0.139. The highest BCUT2D eigenvalue weighted by molar-refractivity contribution is 7.92. The van der Waals surface area contributed by atoms with E-state index in [-0.39, 0.29) is 22.9 Å². The van der Waals surface area contributed by atoms with Gasteiger partial charge in [0.15, 0.2) is 11.5 Å². The second-order valence-electron chi connectivity index (χ2n) is 8.97. The lowest BCUT2D eigenvalue weighted by Crippen LogP contribution is -2.50. The van der Waals surface area contributed by atoms with E-state index < -0.39 is 34.4 Å². The third-order valence-electron chi connectivity index (χ3n) is 6.46. The Bertz CT molecular complexity index is 1500. The van der Waals surface area contributed by atoms with Crippen molar-refractivity contribution in [3.8, 4) is 17.2 Å². The Morgan fingerprint density at radius 1 is 0.952 bits per heavy atom. The average Bonchev–Trinajstić information content (AvgIpc) is 2.99. The maximum absolute atomic E-state index is 14.1. The highest BCUT2D eigenvalue weighted by Gasteiger charge is 2.33. The number of carbonyl (C=O) groups is 2. The highest BCUT2D eigenvalue weighted by atomic mass is 35.5. The third-order valence-corrected chi connectivity index (χ3v) is 8.94. The number of likely N-dealkylation sites (N-methyl/N-ethyl adjacent to an activating group) is 1. The summed E-state index contributed by atoms with van der Waals surface area (Å²) in [6.07, 6.45) is 0. The first-order chi connectivity index (χ1) is 20.0. The van der Waals surface area contributed by atoms with E-state index in [1.54, 1.807) is 30.3 Å². The molecule has 1 unspecified atom stereocenters. The molecule has 0 radical (unpaired) electrons. The van der Waals surface area contributed by atoms with E-state index in [1.807, 2.05) is 6.92 Å². The standard InChI is InChI=1S/C29H33Cl2N3O7S/c1-6-41-21-12-10-20(11-13-21)34(42(37,38)22-14-15-26(39-4)27(16-22)40-5)18-28(35)33(19(2)29(36)32-3)17-23-24(30)8-7-9-25(23)31/h7-16,19H,6,17-18H2,1-5H3,(H,32,36). The van der Waals surface area contributed by atoms with Crippen molar-refractivity contribution in [2.45, 2.75) is 31.3 Å². The lowest BCUT2D eigenvalue weighted by Gasteiger charge is -2.32. The first-order valence-electron chi connectivity index (χ1n) is 12.9. The number of hydrogen-bond acceptors (Lipinski definition) is 7. The number of nitrogens with zero attached hydrogens (tertiary/aromatic N) is 2. The minimum Gasteiger partial charge on any atom is -0.494 e. The van der Waals surface area contributed by atoms with E-state index in [2.05, 4.69) is 5.32 Å². The Balaban J connectivity index is 2.11. The topological polar surface area (TPSA) is 114 Å². The molecule has 13 heteroatoms. The van der Waals surface area contributed by atoms with Gasteiger partial charge in [0.25, 0.3) is 10.0 Å². The molecule has 0 aromatic heterocycles. The van der Waals surface area contributed by atoms with Gasteiger partial charge in [0.05, 0.1) is 31.4 Å². The van der Waals surface area contributed by atoms with Crippen LogP contribution >= 0.6 is 23.2 Å². The summed E-state index contributed by atoms with van der Waals surface area (Å²) in [7, 11) is -0.0835. The smallest absolute Gasteiger partial charge is 0.264 e. The molecule has 3 aromatic rings. The zero-order valence-electron chi connectivity index (χ0n) is 23.9. The van der Waals surface area contributed by atoms with Gasteiger partial charge in [0.1, 0.15) is 18.3 Å². The Kier molecular flexibility index (Phi) is 11.3. The van der Waals surface area contributed by atoms with Gasteiger partial charge in [0, 0.05) is 35.3 Å². The highest BCUT2D eigenvalue weighted by Crippen LogP contribution is 2.33. The van der Waals surface area contributed by atoms with Crippen molar-refractivity contribution in [3.05, 3.63) is 76.3 Å². The molecule has 10 nitrogen and oxygen atoms in total. The summed E-state index contributed by atoms with van der Waals surface area (Å²) in [6, 6.07) is 14.3. The van der Waals surface area contributed by atoms with Crippen molar-refractivity contribution < 1.29 is 32.2 Å². The zero-order chi connectivity index (χ0) is 31.0. The Hall–Kier alpha value is -3.67. The molecule has 1 N–H and O–H groups in total. The minimum absolute atomic E-state index is 0.137. The molecular formula is C29H33Cl2N3O7S. The van der Waals surface area contributed by atoms with Crippen molar-refractivity contribution in [1.29, 1.82) is 0 Å². The van der Waals surface area contributed by atoms with Crippen LogP contribution in [0.1, 0.15) is 19.4 Å². The fourth-order valence-electron chi connectivity index (χ4n) is 4.15. The molecule has 0 aliphatic carbocycles. The zero-order valence-corrected chi connectivity index (χ0v) is 26.2. The quantitative estimate of drug-likeness (QED) is 0.287. The molecule has 0 aliphatic rings. The fourth-order valence-corrected chi connectivity index (χ4v) is 6.10. The first kappa shape index (κ1) is 32.8. The summed E-state index contributed by atoms with van der Waals surface area (Å²) in [5.74, 6) is -0.0664. The third kappa shape index (κ3) is 7.39. The van der Waals surface area contributed by atoms with Crippen LogP contribution in [-0.2, 0) is 26.2 Å². The van der Waals surface area contributed by atoms with Crippen molar-refractivity contribution in [1.82, 2.24) is 10.2 Å². The Labute approximate surface area is 256 Å². The van der Waals surface area contributed by atoms with Crippen LogP contribution in [0.25, 0.3) is 0 Å². The first-order valence-corrected chi connectivity index (χ1v) is 15.1. The van der Waals surface area contributed by atoms with E-state index in [4.69, 9.17) is 37.4 Å². The van der Waals surface area contributed by atoms with E-state index in [0.29, 0.717) is 33.7 Å². The number of benzene rings is 3. The number of nitrogens with one attached hydrogen (secondary N) is 1. The molecule has 0 saturated heterocycles. The maximum atomic E-state index is 14.1. The number of rotatable bonds is 13. The largest absolute Gasteiger partial charge is 0.494 e. The van der Waals surface area contributed by atoms with Gasteiger partial charge in [-0.25, -0.2) is 8.42 Å². The van der Waals surface area contributed by atoms with Crippen molar-refractivity contribution >= 4 is 50.7 Å². The molecule has 3 rings (SSSR count). The molecule has 2 amide bonds. The van der Waals surface area contributed by atoms with Crippen LogP contribution < -0.4 is 23.8 Å². The number of methoxy groups -OCH3 is 2. The molecule has 0 bridgehead atoms. The molecule has 0 saturated carbocycles. The van der Waals surface area contributed by atoms with Crippen molar-refractivity contribution in [2.75, 3.05) is 38.7 Å². The Morgan fingerprint density at radius 3 is 2.12 bits per heavy atom. The summed E-state index contributed by atoms with van der Waals surface area (Å²) < 4.78 is 45.2. The van der Waals surface area contributed by atoms with Crippen LogP contribution in [0.2, 0.25) is 10.0 Å². The van der Waals surface area contributed by atoms with Crippen LogP contribution in [0.4, 0.5) is 5.69 Å². The summed E-state index contributed by atoms with van der Waals surface area (Å²) in [5.41, 5.74) is 0.616. The van der Waals surface area contributed by atoms with Gasteiger partial charge in [-0.3, -0.25) is 13.9 Å². The summed E-state index contributed by atoms with van der Waals surface area (Å²) in [5, 5.41) is 3.12. The van der Waals surface area contributed by atoms with Gasteiger partial charge in [-0.1, -0.05) is 29.3 Å². The predicted molar refractivity (Wildman–Crippen MR) is 162 cm³/mol. The SMILES string of the molecule is CCOc1ccc(N(CC(=O)N(Cc2c(Cl)cccc2Cl)C(C)C(=O)NC)S(=O)(=O)c2ccc(OC)c(OC)c2)cc1. The maximum Gasteiger partial charge on any atom is 0.264 e. The minimum atomic E-state index is -4.35. The molecule has 0 aliphatic heterocycles. The summed E-state index contributed by atoms with van der Waals surface area (Å²) in [6.45, 7) is 3.00. The van der Waals surface area contributed by atoms with Gasteiger partial charge >= 0.3 is 0 Å². The van der Waals surface area contributed by atoms with Gasteiger partial charge < -0.3 is 24.4 Å². The van der Waals surface area contributed by atoms with E-state index in [0.717, 1.165) is 4.31 Å². The predicted octanol–water partition coefficient (Wildman–Crippen LogP) is 4.77. The van der Waals surface area contributed by atoms with Crippen LogP contribution in [0, 0.1) is 0 Å². The van der Waals surface area contributed by atoms with E-state index >= 15 is 0 Å². The monoisotopic (exact) mass is 637 g/mol. The lowest BCUT2D eigenvalue weighted by atomic mass is 10.1. The van der Waals surface area contributed by atoms with Gasteiger partial charge in [-0.2, -0.15) is 0 Å². The van der Waals surface area contributed by atoms with Gasteiger partial charge in [0.2, 0.25) is 11.8 Å². The number of ether oxygens (including phenoxy) is 3. The van der Waals surface area contributed by atoms with Crippen LogP contribution in [0.3, 0.4) is 0 Å². The molecule has 226 valence electrons. The molecule has 3 aromatic carbocycles. The molecule has 0 fully saturated rings. The molecule has 42 heavy (non-hydrogen) atoms. The van der Waals surface area contributed by atoms with Crippen molar-refractivity contribution in [3.63, 3.8) is 0 Å². The molecular weight excluding hydrogens is 605 g/mol. The van der Waals surface area contributed by atoms with Crippen LogP contribution in [0.15, 0.2) is 65.6 Å². The van der Waals surface area contributed by atoms with Gasteiger partial charge in [-0.15, -0.1) is 0 Å². The number of hydrogen-bond donors (Lipinski definition) is 1. The summed E-state index contributed by atoms with van der Waals surface area (Å²) in [4.78, 5) is 27.7. The summed E-state index contributed by atoms with van der Waals surface area (Å²) >= 11 is 12.8. The van der Waals surface area contributed by atoms with E-state index in [9.17, 15) is 18.0 Å². The molecule has 1 atom stereocenters. The normalized spacial score (nSPS) is 11.8.